The molecule has 0 radical (unpaired) electrons. The highest BCUT2D eigenvalue weighted by atomic mass is 14.4. The highest BCUT2D eigenvalue weighted by molar-refractivity contribution is 5.90. The first-order valence-corrected chi connectivity index (χ1v) is 14.2. The molecule has 0 heteroatoms. The third kappa shape index (κ3) is 4.75. The Morgan fingerprint density at radius 2 is 1.37 bits per heavy atom. The van der Waals surface area contributed by atoms with Gasteiger partial charge >= 0.3 is 0 Å². The fourth-order valence-corrected chi connectivity index (χ4v) is 6.06. The number of hydrogen-bond acceptors (Lipinski definition) is 0. The average molecular weight is 501 g/mol. The first-order valence-electron chi connectivity index (χ1n) is 14.2. The van der Waals surface area contributed by atoms with Crippen molar-refractivity contribution in [2.24, 2.45) is 11.3 Å². The summed E-state index contributed by atoms with van der Waals surface area (Å²) < 4.78 is 0. The Morgan fingerprint density at radius 1 is 0.684 bits per heavy atom. The Morgan fingerprint density at radius 3 is 1.95 bits per heavy atom. The molecule has 38 heavy (non-hydrogen) atoms. The molecule has 0 fully saturated rings. The van der Waals surface area contributed by atoms with Crippen LogP contribution in [0.25, 0.3) is 28.9 Å². The molecule has 1 atom stereocenters. The number of allylic oxidation sites excluding steroid dienone is 4. The lowest BCUT2D eigenvalue weighted by Gasteiger charge is -2.27. The van der Waals surface area contributed by atoms with Crippen LogP contribution < -0.4 is 10.4 Å². The summed E-state index contributed by atoms with van der Waals surface area (Å²) in [6.07, 6.45) is 9.85. The van der Waals surface area contributed by atoms with Gasteiger partial charge in [0.1, 0.15) is 0 Å². The van der Waals surface area contributed by atoms with Gasteiger partial charge in [0.05, 0.1) is 0 Å². The molecule has 2 aliphatic rings. The molecular weight excluding hydrogens is 456 g/mol. The first kappa shape index (κ1) is 26.5. The Labute approximate surface area is 230 Å². The van der Waals surface area contributed by atoms with Crippen molar-refractivity contribution in [1.82, 2.24) is 0 Å². The molecule has 1 unspecified atom stereocenters. The van der Waals surface area contributed by atoms with Gasteiger partial charge in [-0.15, -0.1) is 0 Å². The molecule has 0 N–H and O–H groups in total. The van der Waals surface area contributed by atoms with Gasteiger partial charge in [-0.3, -0.25) is 0 Å². The Bertz CT molecular complexity index is 1580. The molecule has 196 valence electrons. The summed E-state index contributed by atoms with van der Waals surface area (Å²) in [5, 5.41) is 2.72. The SMILES string of the molecule is CC1C=C(C(C)(C)C)C=C1c1c(C(C)(C)C)c(=Cc2ccccc2)cc2c1=Cc1cc(C(C)(C)C)ccc1-2. The van der Waals surface area contributed by atoms with E-state index in [4.69, 9.17) is 0 Å². The minimum atomic E-state index is -0.0186. The van der Waals surface area contributed by atoms with Crippen molar-refractivity contribution < 1.29 is 0 Å². The normalized spacial score (nSPS) is 17.6. The van der Waals surface area contributed by atoms with Crippen molar-refractivity contribution in [3.05, 3.63) is 111 Å². The van der Waals surface area contributed by atoms with E-state index in [2.05, 4.69) is 148 Å². The van der Waals surface area contributed by atoms with Crippen molar-refractivity contribution in [3.8, 4) is 11.1 Å². The molecule has 0 saturated carbocycles. The van der Waals surface area contributed by atoms with E-state index in [1.807, 2.05) is 0 Å². The van der Waals surface area contributed by atoms with Gasteiger partial charge in [0.2, 0.25) is 0 Å². The van der Waals surface area contributed by atoms with E-state index in [0.29, 0.717) is 5.92 Å². The molecule has 5 rings (SSSR count). The summed E-state index contributed by atoms with van der Waals surface area (Å²) in [7, 11) is 0. The first-order chi connectivity index (χ1) is 17.6. The van der Waals surface area contributed by atoms with Crippen LogP contribution in [0, 0.1) is 11.3 Å². The molecule has 3 aromatic rings. The molecule has 0 spiro atoms. The number of hydrogen-bond donors (Lipinski definition) is 0. The summed E-state index contributed by atoms with van der Waals surface area (Å²) >= 11 is 0. The maximum Gasteiger partial charge on any atom is 0.000195 e. The van der Waals surface area contributed by atoms with E-state index in [0.717, 1.165) is 0 Å². The van der Waals surface area contributed by atoms with Crippen LogP contribution in [0.2, 0.25) is 0 Å². The molecule has 0 amide bonds. The summed E-state index contributed by atoms with van der Waals surface area (Å²) in [4.78, 5) is 0. The smallest absolute Gasteiger partial charge is 0.000195 e. The van der Waals surface area contributed by atoms with Gasteiger partial charge in [0, 0.05) is 5.92 Å². The van der Waals surface area contributed by atoms with Crippen LogP contribution in [-0.4, -0.2) is 0 Å². The van der Waals surface area contributed by atoms with Gasteiger partial charge < -0.3 is 0 Å². The maximum atomic E-state index is 2.50. The van der Waals surface area contributed by atoms with Crippen molar-refractivity contribution in [3.63, 3.8) is 0 Å². The second-order valence-corrected chi connectivity index (χ2v) is 14.4. The standard InChI is InChI=1S/C38H44/c1-24-18-29(37(5,6)7)23-31(24)34-33-21-26-20-28(36(2,3)4)16-17-30(26)32(33)22-27(35(34)38(8,9)10)19-25-14-12-11-13-15-25/h11-24H,1-10H3. The summed E-state index contributed by atoms with van der Waals surface area (Å²) in [5.74, 6) is 0.378. The van der Waals surface area contributed by atoms with Gasteiger partial charge in [-0.1, -0.05) is 130 Å². The quantitative estimate of drug-likeness (QED) is 0.258. The fourth-order valence-electron chi connectivity index (χ4n) is 6.06. The molecule has 0 aliphatic heterocycles. The molecule has 0 bridgehead atoms. The second kappa shape index (κ2) is 8.98. The largest absolute Gasteiger partial charge is 0.0735 e. The Kier molecular flexibility index (Phi) is 6.26. The van der Waals surface area contributed by atoms with Gasteiger partial charge in [-0.2, -0.15) is 0 Å². The minimum absolute atomic E-state index is 0.0186. The van der Waals surface area contributed by atoms with Crippen LogP contribution in [0.15, 0.2) is 72.3 Å². The van der Waals surface area contributed by atoms with Crippen LogP contribution >= 0.6 is 0 Å². The van der Waals surface area contributed by atoms with E-state index in [1.54, 1.807) is 0 Å². The lowest BCUT2D eigenvalue weighted by molar-refractivity contribution is 0.516. The van der Waals surface area contributed by atoms with E-state index < -0.39 is 0 Å². The van der Waals surface area contributed by atoms with Crippen molar-refractivity contribution >= 4 is 17.7 Å². The van der Waals surface area contributed by atoms with Crippen molar-refractivity contribution in [1.29, 1.82) is 0 Å². The van der Waals surface area contributed by atoms with E-state index in [-0.39, 0.29) is 16.2 Å². The van der Waals surface area contributed by atoms with E-state index in [1.165, 1.54) is 60.5 Å². The number of benzene rings is 3. The second-order valence-electron chi connectivity index (χ2n) is 14.4. The zero-order valence-corrected chi connectivity index (χ0v) is 25.1. The van der Waals surface area contributed by atoms with Crippen molar-refractivity contribution in [2.75, 3.05) is 0 Å². The Hall–Kier alpha value is -3.12. The summed E-state index contributed by atoms with van der Waals surface area (Å²) in [6.45, 7) is 23.4. The summed E-state index contributed by atoms with van der Waals surface area (Å²) in [6, 6.07) is 20.4. The average Bonchev–Trinajstić information content (AvgIpc) is 3.37. The predicted octanol–water partition coefficient (Wildman–Crippen LogP) is 8.93. The highest BCUT2D eigenvalue weighted by Crippen LogP contribution is 2.42. The van der Waals surface area contributed by atoms with E-state index >= 15 is 0 Å². The van der Waals surface area contributed by atoms with Crippen molar-refractivity contribution in [2.45, 2.75) is 80.1 Å². The van der Waals surface area contributed by atoms with Gasteiger partial charge in [-0.05, 0) is 95.0 Å². The molecule has 3 aromatic carbocycles. The van der Waals surface area contributed by atoms with Crippen LogP contribution in [0.4, 0.5) is 0 Å². The topological polar surface area (TPSA) is 0 Å². The zero-order chi connectivity index (χ0) is 27.6. The summed E-state index contributed by atoms with van der Waals surface area (Å²) in [5.41, 5.74) is 12.7. The predicted molar refractivity (Wildman–Crippen MR) is 167 cm³/mol. The number of rotatable bonds is 2. The molecule has 0 saturated heterocycles. The monoisotopic (exact) mass is 500 g/mol. The van der Waals surface area contributed by atoms with Gasteiger partial charge in [-0.25, -0.2) is 0 Å². The van der Waals surface area contributed by atoms with Crippen LogP contribution in [0.5, 0.6) is 0 Å². The maximum absolute atomic E-state index is 2.50. The molecule has 2 aliphatic carbocycles. The van der Waals surface area contributed by atoms with E-state index in [9.17, 15) is 0 Å². The third-order valence-electron chi connectivity index (χ3n) is 8.16. The minimum Gasteiger partial charge on any atom is -0.0735 e. The molecule has 0 aromatic heterocycles. The van der Waals surface area contributed by atoms with Gasteiger partial charge in [0.25, 0.3) is 0 Å². The third-order valence-corrected chi connectivity index (χ3v) is 8.16. The molecule has 0 heterocycles. The Balaban J connectivity index is 1.90. The lowest BCUT2D eigenvalue weighted by atomic mass is 9.76. The molecule has 0 nitrogen and oxygen atoms in total. The van der Waals surface area contributed by atoms with Crippen LogP contribution in [0.1, 0.15) is 97.1 Å². The highest BCUT2D eigenvalue weighted by Gasteiger charge is 2.31. The van der Waals surface area contributed by atoms with Gasteiger partial charge in [0.15, 0.2) is 0 Å². The lowest BCUT2D eigenvalue weighted by Crippen LogP contribution is -2.31. The zero-order valence-electron chi connectivity index (χ0n) is 25.1. The fraction of sp³-hybridized carbons (Fsp3) is 0.368. The van der Waals surface area contributed by atoms with Crippen LogP contribution in [-0.2, 0) is 10.8 Å². The number of fused-ring (bicyclic) bond motifs is 3. The molecular formula is C38H44. The van der Waals surface area contributed by atoms with Crippen LogP contribution in [0.3, 0.4) is 0 Å².